The van der Waals surface area contributed by atoms with Gasteiger partial charge < -0.3 is 15.2 Å². The van der Waals surface area contributed by atoms with E-state index >= 15 is 0 Å². The highest BCUT2D eigenvalue weighted by molar-refractivity contribution is 5.94. The lowest BCUT2D eigenvalue weighted by molar-refractivity contribution is 0.0916. The van der Waals surface area contributed by atoms with Gasteiger partial charge in [0.25, 0.3) is 5.91 Å². The normalized spacial score (nSPS) is 11.8. The first-order chi connectivity index (χ1) is 10.1. The molecule has 0 heterocycles. The van der Waals surface area contributed by atoms with Crippen LogP contribution in [0.1, 0.15) is 27.6 Å². The van der Waals surface area contributed by atoms with Gasteiger partial charge in [-0.25, -0.2) is 0 Å². The van der Waals surface area contributed by atoms with Gasteiger partial charge in [-0.15, -0.1) is 0 Å². The number of nitrogens with one attached hydrogen (secondary N) is 1. The first-order valence-electron chi connectivity index (χ1n) is 6.77. The Hall–Kier alpha value is -2.33. The lowest BCUT2D eigenvalue weighted by Gasteiger charge is -2.13. The topological polar surface area (TPSA) is 58.6 Å². The summed E-state index contributed by atoms with van der Waals surface area (Å²) in [5.41, 5.74) is 2.26. The number of carbonyl (C=O) groups is 1. The molecule has 21 heavy (non-hydrogen) atoms. The van der Waals surface area contributed by atoms with Crippen LogP contribution in [-0.2, 0) is 0 Å². The van der Waals surface area contributed by atoms with Crippen LogP contribution < -0.4 is 10.1 Å². The van der Waals surface area contributed by atoms with Crippen LogP contribution in [-0.4, -0.2) is 24.7 Å². The third-order valence-electron chi connectivity index (χ3n) is 3.31. The highest BCUT2D eigenvalue weighted by Crippen LogP contribution is 2.19. The molecule has 0 unspecified atom stereocenters. The maximum atomic E-state index is 12.1. The van der Waals surface area contributed by atoms with Crippen LogP contribution in [0.3, 0.4) is 0 Å². The standard InChI is InChI=1S/C17H19NO3/c1-12-8-9-14(10-16(12)21-2)17(20)18-11-15(19)13-6-4-3-5-7-13/h3-10,15,19H,11H2,1-2H3,(H,18,20)/t15-/m1/s1. The Balaban J connectivity index is 1.99. The molecule has 0 radical (unpaired) electrons. The van der Waals surface area contributed by atoms with Crippen molar-refractivity contribution in [2.75, 3.05) is 13.7 Å². The summed E-state index contributed by atoms with van der Waals surface area (Å²) < 4.78 is 5.20. The van der Waals surface area contributed by atoms with E-state index in [1.54, 1.807) is 19.2 Å². The average Bonchev–Trinajstić information content (AvgIpc) is 2.53. The molecule has 1 amide bonds. The monoisotopic (exact) mass is 285 g/mol. The van der Waals surface area contributed by atoms with Gasteiger partial charge in [0.1, 0.15) is 5.75 Å². The number of benzene rings is 2. The summed E-state index contributed by atoms with van der Waals surface area (Å²) in [6, 6.07) is 14.5. The molecule has 4 nitrogen and oxygen atoms in total. The van der Waals surface area contributed by atoms with Gasteiger partial charge in [0, 0.05) is 12.1 Å². The van der Waals surface area contributed by atoms with E-state index in [0.717, 1.165) is 11.1 Å². The maximum Gasteiger partial charge on any atom is 0.251 e. The van der Waals surface area contributed by atoms with E-state index in [1.807, 2.05) is 43.3 Å². The summed E-state index contributed by atoms with van der Waals surface area (Å²) in [6.07, 6.45) is -0.720. The Morgan fingerprint density at radius 2 is 1.95 bits per heavy atom. The molecule has 2 aromatic rings. The van der Waals surface area contributed by atoms with Crippen LogP contribution in [0.5, 0.6) is 5.75 Å². The summed E-state index contributed by atoms with van der Waals surface area (Å²) in [7, 11) is 1.57. The number of methoxy groups -OCH3 is 1. The highest BCUT2D eigenvalue weighted by Gasteiger charge is 2.11. The van der Waals surface area contributed by atoms with Crippen molar-refractivity contribution in [1.82, 2.24) is 5.32 Å². The molecule has 110 valence electrons. The molecule has 2 aromatic carbocycles. The zero-order valence-corrected chi connectivity index (χ0v) is 12.2. The smallest absolute Gasteiger partial charge is 0.251 e. The molecular weight excluding hydrogens is 266 g/mol. The number of aryl methyl sites for hydroxylation is 1. The largest absolute Gasteiger partial charge is 0.496 e. The van der Waals surface area contributed by atoms with E-state index in [0.29, 0.717) is 11.3 Å². The van der Waals surface area contributed by atoms with Crippen molar-refractivity contribution < 1.29 is 14.6 Å². The van der Waals surface area contributed by atoms with Crippen molar-refractivity contribution in [3.8, 4) is 5.75 Å². The minimum atomic E-state index is -0.720. The summed E-state index contributed by atoms with van der Waals surface area (Å²) in [5.74, 6) is 0.439. The Labute approximate surface area is 124 Å². The summed E-state index contributed by atoms with van der Waals surface area (Å²) in [4.78, 5) is 12.1. The first-order valence-corrected chi connectivity index (χ1v) is 6.77. The molecule has 0 aromatic heterocycles. The number of ether oxygens (including phenoxy) is 1. The maximum absolute atomic E-state index is 12.1. The van der Waals surface area contributed by atoms with Crippen LogP contribution >= 0.6 is 0 Å². The van der Waals surface area contributed by atoms with Crippen molar-refractivity contribution in [3.05, 3.63) is 65.2 Å². The zero-order valence-electron chi connectivity index (χ0n) is 12.2. The third kappa shape index (κ3) is 3.83. The van der Waals surface area contributed by atoms with E-state index < -0.39 is 6.10 Å². The van der Waals surface area contributed by atoms with E-state index in [2.05, 4.69) is 5.32 Å². The van der Waals surface area contributed by atoms with Gasteiger partial charge in [0.05, 0.1) is 13.2 Å². The Morgan fingerprint density at radius 1 is 1.24 bits per heavy atom. The molecule has 0 bridgehead atoms. The number of carbonyl (C=O) groups excluding carboxylic acids is 1. The minimum absolute atomic E-state index is 0.166. The van der Waals surface area contributed by atoms with Crippen LogP contribution in [0.4, 0.5) is 0 Å². The summed E-state index contributed by atoms with van der Waals surface area (Å²) >= 11 is 0. The van der Waals surface area contributed by atoms with Crippen molar-refractivity contribution in [3.63, 3.8) is 0 Å². The number of amides is 1. The molecule has 0 aliphatic heterocycles. The molecule has 1 atom stereocenters. The predicted molar refractivity (Wildman–Crippen MR) is 81.5 cm³/mol. The van der Waals surface area contributed by atoms with Crippen molar-refractivity contribution in [2.24, 2.45) is 0 Å². The second-order valence-corrected chi connectivity index (χ2v) is 4.82. The molecule has 0 fully saturated rings. The first kappa shape index (κ1) is 15.1. The predicted octanol–water partition coefficient (Wildman–Crippen LogP) is 2.47. The SMILES string of the molecule is COc1cc(C(=O)NC[C@@H](O)c2ccccc2)ccc1C. The van der Waals surface area contributed by atoms with Gasteiger partial charge >= 0.3 is 0 Å². The van der Waals surface area contributed by atoms with E-state index in [4.69, 9.17) is 4.74 Å². The fourth-order valence-electron chi connectivity index (χ4n) is 2.05. The minimum Gasteiger partial charge on any atom is -0.496 e. The highest BCUT2D eigenvalue weighted by atomic mass is 16.5. The molecule has 0 spiro atoms. The van der Waals surface area contributed by atoms with Gasteiger partial charge in [-0.2, -0.15) is 0 Å². The van der Waals surface area contributed by atoms with Crippen LogP contribution in [0.25, 0.3) is 0 Å². The van der Waals surface area contributed by atoms with Crippen LogP contribution in [0, 0.1) is 6.92 Å². The molecule has 0 aliphatic carbocycles. The molecule has 0 aliphatic rings. The fraction of sp³-hybridized carbons (Fsp3) is 0.235. The molecule has 0 saturated heterocycles. The van der Waals surface area contributed by atoms with Gasteiger partial charge in [-0.1, -0.05) is 36.4 Å². The molecule has 2 N–H and O–H groups in total. The molecular formula is C17H19NO3. The molecule has 4 heteroatoms. The Kier molecular flexibility index (Phi) is 4.95. The summed E-state index contributed by atoms with van der Waals surface area (Å²) in [5, 5.41) is 12.7. The second-order valence-electron chi connectivity index (χ2n) is 4.82. The fourth-order valence-corrected chi connectivity index (χ4v) is 2.05. The lowest BCUT2D eigenvalue weighted by atomic mass is 10.1. The van der Waals surface area contributed by atoms with Crippen LogP contribution in [0.15, 0.2) is 48.5 Å². The quantitative estimate of drug-likeness (QED) is 0.887. The number of aliphatic hydroxyl groups is 1. The number of rotatable bonds is 5. The zero-order chi connectivity index (χ0) is 15.2. The van der Waals surface area contributed by atoms with Crippen molar-refractivity contribution >= 4 is 5.91 Å². The van der Waals surface area contributed by atoms with Gasteiger partial charge in [0.15, 0.2) is 0 Å². The average molecular weight is 285 g/mol. The van der Waals surface area contributed by atoms with Gasteiger partial charge in [-0.05, 0) is 30.2 Å². The summed E-state index contributed by atoms with van der Waals surface area (Å²) in [6.45, 7) is 2.08. The molecule has 0 saturated carbocycles. The lowest BCUT2D eigenvalue weighted by Crippen LogP contribution is -2.28. The Morgan fingerprint density at radius 3 is 2.62 bits per heavy atom. The number of hydrogen-bond acceptors (Lipinski definition) is 3. The van der Waals surface area contributed by atoms with Gasteiger partial charge in [0.2, 0.25) is 0 Å². The van der Waals surface area contributed by atoms with E-state index in [9.17, 15) is 9.90 Å². The van der Waals surface area contributed by atoms with Crippen LogP contribution in [0.2, 0.25) is 0 Å². The van der Waals surface area contributed by atoms with Gasteiger partial charge in [-0.3, -0.25) is 4.79 Å². The number of aliphatic hydroxyl groups excluding tert-OH is 1. The Bertz CT molecular complexity index is 611. The second kappa shape index (κ2) is 6.90. The van der Waals surface area contributed by atoms with E-state index in [1.165, 1.54) is 0 Å². The number of hydrogen-bond donors (Lipinski definition) is 2. The van der Waals surface area contributed by atoms with Crippen molar-refractivity contribution in [1.29, 1.82) is 0 Å². The van der Waals surface area contributed by atoms with E-state index in [-0.39, 0.29) is 12.5 Å². The van der Waals surface area contributed by atoms with Crippen molar-refractivity contribution in [2.45, 2.75) is 13.0 Å². The third-order valence-corrected chi connectivity index (χ3v) is 3.31. The molecule has 2 rings (SSSR count).